The number of hydrogen-bond acceptors (Lipinski definition) is 6. The average molecular weight is 243 g/mol. The van der Waals surface area contributed by atoms with Crippen LogP contribution in [0.1, 0.15) is 6.23 Å². The lowest BCUT2D eigenvalue weighted by Crippen LogP contribution is -2.35. The molecule has 1 aromatic rings. The normalized spacial score (nSPS) is 32.9. The number of pyridine rings is 1. The second kappa shape index (κ2) is 4.46. The van der Waals surface area contributed by atoms with Crippen molar-refractivity contribution < 1.29 is 25.2 Å². The molecular weight excluding hydrogens is 230 g/mol. The Morgan fingerprint density at radius 3 is 2.59 bits per heavy atom. The number of aliphatic hydroxyl groups is 3. The molecule has 0 spiro atoms. The topological polar surface area (TPSA) is 112 Å². The first-order chi connectivity index (χ1) is 8.04. The third-order valence-corrected chi connectivity index (χ3v) is 2.72. The Hall–Kier alpha value is -1.41. The molecule has 1 aliphatic heterocycles. The third-order valence-electron chi connectivity index (χ3n) is 2.72. The van der Waals surface area contributed by atoms with Gasteiger partial charge in [-0.05, 0) is 6.07 Å². The number of nitrogens with zero attached hydrogens (tertiary/aromatic N) is 1. The minimum absolute atomic E-state index is 0.196. The van der Waals surface area contributed by atoms with Crippen LogP contribution in [0.5, 0.6) is 5.75 Å². The molecule has 0 saturated carbocycles. The summed E-state index contributed by atoms with van der Waals surface area (Å²) in [6.07, 6.45) is -3.33. The fourth-order valence-corrected chi connectivity index (χ4v) is 1.80. The smallest absolute Gasteiger partial charge is 0.256 e. The first-order valence-electron chi connectivity index (χ1n) is 5.08. The number of aliphatic hydroxyl groups excluding tert-OH is 3. The van der Waals surface area contributed by atoms with E-state index >= 15 is 0 Å². The van der Waals surface area contributed by atoms with Crippen molar-refractivity contribution in [1.29, 1.82) is 0 Å². The summed E-state index contributed by atoms with van der Waals surface area (Å²) in [4.78, 5) is 11.5. The van der Waals surface area contributed by atoms with Crippen molar-refractivity contribution in [2.75, 3.05) is 6.61 Å². The summed E-state index contributed by atoms with van der Waals surface area (Å²) < 4.78 is 6.22. The first-order valence-corrected chi connectivity index (χ1v) is 5.08. The Labute approximate surface area is 96.1 Å². The van der Waals surface area contributed by atoms with Gasteiger partial charge in [0.2, 0.25) is 0 Å². The van der Waals surface area contributed by atoms with Gasteiger partial charge in [-0.1, -0.05) is 0 Å². The van der Waals surface area contributed by atoms with Gasteiger partial charge in [-0.25, -0.2) is 0 Å². The van der Waals surface area contributed by atoms with E-state index in [9.17, 15) is 15.0 Å². The van der Waals surface area contributed by atoms with Gasteiger partial charge in [-0.2, -0.15) is 0 Å². The maximum atomic E-state index is 11.5. The van der Waals surface area contributed by atoms with Gasteiger partial charge >= 0.3 is 0 Å². The zero-order chi connectivity index (χ0) is 12.6. The van der Waals surface area contributed by atoms with Crippen LogP contribution in [0.2, 0.25) is 0 Å². The highest BCUT2D eigenvalue weighted by atomic mass is 16.6. The van der Waals surface area contributed by atoms with Crippen LogP contribution in [0, 0.1) is 0 Å². The molecule has 1 fully saturated rings. The van der Waals surface area contributed by atoms with Gasteiger partial charge in [-0.3, -0.25) is 9.36 Å². The molecule has 2 heterocycles. The molecule has 1 saturated heterocycles. The van der Waals surface area contributed by atoms with Gasteiger partial charge in [0.1, 0.15) is 24.1 Å². The molecule has 1 aromatic heterocycles. The minimum atomic E-state index is -1.31. The number of aromatic hydroxyl groups is 1. The number of aromatic nitrogens is 1. The minimum Gasteiger partial charge on any atom is -0.508 e. The zero-order valence-corrected chi connectivity index (χ0v) is 8.80. The van der Waals surface area contributed by atoms with E-state index in [4.69, 9.17) is 14.9 Å². The summed E-state index contributed by atoms with van der Waals surface area (Å²) in [7, 11) is 0. The molecule has 4 atom stereocenters. The van der Waals surface area contributed by atoms with E-state index in [1.165, 1.54) is 12.3 Å². The van der Waals surface area contributed by atoms with Crippen molar-refractivity contribution >= 4 is 0 Å². The molecule has 7 nitrogen and oxygen atoms in total. The molecule has 0 unspecified atom stereocenters. The van der Waals surface area contributed by atoms with Gasteiger partial charge in [0, 0.05) is 12.3 Å². The molecule has 0 aromatic carbocycles. The Balaban J connectivity index is 2.32. The fourth-order valence-electron chi connectivity index (χ4n) is 1.80. The van der Waals surface area contributed by atoms with Gasteiger partial charge in [0.25, 0.3) is 5.56 Å². The summed E-state index contributed by atoms with van der Waals surface area (Å²) in [5, 5.41) is 37.2. The van der Waals surface area contributed by atoms with Gasteiger partial charge < -0.3 is 25.2 Å². The molecule has 0 amide bonds. The lowest BCUT2D eigenvalue weighted by Gasteiger charge is -2.17. The summed E-state index contributed by atoms with van der Waals surface area (Å²) in [5.41, 5.74) is -0.570. The molecule has 1 aliphatic rings. The van der Waals surface area contributed by atoms with Crippen LogP contribution in [0.3, 0.4) is 0 Å². The maximum absolute atomic E-state index is 11.5. The van der Waals surface area contributed by atoms with Gasteiger partial charge in [0.15, 0.2) is 6.23 Å². The molecule has 0 aliphatic carbocycles. The Morgan fingerprint density at radius 1 is 1.35 bits per heavy atom. The number of rotatable bonds is 2. The molecule has 94 valence electrons. The second-order valence-electron chi connectivity index (χ2n) is 3.86. The van der Waals surface area contributed by atoms with Crippen molar-refractivity contribution in [1.82, 2.24) is 4.57 Å². The second-order valence-corrected chi connectivity index (χ2v) is 3.86. The quantitative estimate of drug-likeness (QED) is 0.486. The van der Waals surface area contributed by atoms with E-state index in [0.29, 0.717) is 0 Å². The highest BCUT2D eigenvalue weighted by molar-refractivity contribution is 5.16. The summed E-state index contributed by atoms with van der Waals surface area (Å²) in [5.74, 6) is -0.196. The van der Waals surface area contributed by atoms with E-state index in [1.807, 2.05) is 0 Å². The number of ether oxygens (including phenoxy) is 1. The van der Waals surface area contributed by atoms with Gasteiger partial charge in [-0.15, -0.1) is 0 Å². The lowest BCUT2D eigenvalue weighted by atomic mass is 10.1. The Kier molecular flexibility index (Phi) is 3.16. The third kappa shape index (κ3) is 2.05. The van der Waals surface area contributed by atoms with Crippen LogP contribution in [-0.4, -0.2) is 49.9 Å². The molecule has 2 rings (SSSR count). The van der Waals surface area contributed by atoms with Crippen LogP contribution in [-0.2, 0) is 4.74 Å². The number of hydrogen-bond donors (Lipinski definition) is 4. The largest absolute Gasteiger partial charge is 0.508 e. The predicted octanol–water partition coefficient (Wildman–Crippen LogP) is -1.83. The van der Waals surface area contributed by atoms with E-state index in [2.05, 4.69) is 0 Å². The predicted molar refractivity (Wildman–Crippen MR) is 55.4 cm³/mol. The highest BCUT2D eigenvalue weighted by Gasteiger charge is 2.43. The van der Waals surface area contributed by atoms with Crippen molar-refractivity contribution in [3.05, 3.63) is 28.7 Å². The van der Waals surface area contributed by atoms with Crippen LogP contribution >= 0.6 is 0 Å². The van der Waals surface area contributed by atoms with E-state index < -0.39 is 36.7 Å². The van der Waals surface area contributed by atoms with Crippen LogP contribution < -0.4 is 5.56 Å². The van der Waals surface area contributed by atoms with E-state index in [-0.39, 0.29) is 5.75 Å². The average Bonchev–Trinajstić information content (AvgIpc) is 2.57. The van der Waals surface area contributed by atoms with Crippen LogP contribution in [0.25, 0.3) is 0 Å². The molecule has 17 heavy (non-hydrogen) atoms. The van der Waals surface area contributed by atoms with E-state index in [1.54, 1.807) is 0 Å². The Bertz CT molecular complexity index is 458. The maximum Gasteiger partial charge on any atom is 0.256 e. The SMILES string of the molecule is O=c1cc(O)ccn1[C@@H]1O[C@H](CO)[C@@H](O)[C@H]1O. The van der Waals surface area contributed by atoms with Crippen molar-refractivity contribution in [2.24, 2.45) is 0 Å². The Morgan fingerprint density at radius 2 is 2.06 bits per heavy atom. The monoisotopic (exact) mass is 243 g/mol. The molecule has 0 bridgehead atoms. The van der Waals surface area contributed by atoms with E-state index in [0.717, 1.165) is 10.6 Å². The molecule has 0 radical (unpaired) electrons. The summed E-state index contributed by atoms with van der Waals surface area (Å²) in [6.45, 7) is -0.457. The van der Waals surface area contributed by atoms with Crippen molar-refractivity contribution in [3.63, 3.8) is 0 Å². The van der Waals surface area contributed by atoms with Gasteiger partial charge in [0.05, 0.1) is 6.61 Å². The van der Waals surface area contributed by atoms with Crippen molar-refractivity contribution in [3.8, 4) is 5.75 Å². The first kappa shape index (κ1) is 12.1. The summed E-state index contributed by atoms with van der Waals surface area (Å²) >= 11 is 0. The van der Waals surface area contributed by atoms with Crippen molar-refractivity contribution in [2.45, 2.75) is 24.5 Å². The van der Waals surface area contributed by atoms with Crippen LogP contribution in [0.4, 0.5) is 0 Å². The van der Waals surface area contributed by atoms with Crippen LogP contribution in [0.15, 0.2) is 23.1 Å². The molecular formula is C10H13NO6. The fraction of sp³-hybridized carbons (Fsp3) is 0.500. The lowest BCUT2D eigenvalue weighted by molar-refractivity contribution is -0.0544. The summed E-state index contributed by atoms with van der Waals surface area (Å²) in [6, 6.07) is 2.23. The molecule has 7 heteroatoms. The highest BCUT2D eigenvalue weighted by Crippen LogP contribution is 2.28. The molecule has 4 N–H and O–H groups in total. The standard InChI is InChI=1S/C10H13NO6/c12-4-6-8(15)9(16)10(17-6)11-2-1-5(13)3-7(11)14/h1-3,6,8-10,12-13,15-16H,4H2/t6-,8-,9-,10-/m1/s1. The zero-order valence-electron chi connectivity index (χ0n) is 8.80.